The summed E-state index contributed by atoms with van der Waals surface area (Å²) < 4.78 is 7.21. The molecule has 1 aliphatic heterocycles. The van der Waals surface area contributed by atoms with Crippen molar-refractivity contribution in [3.05, 3.63) is 218 Å². The molecule has 0 N–H and O–H groups in total. The lowest BCUT2D eigenvalue weighted by Crippen LogP contribution is -2.39. The van der Waals surface area contributed by atoms with Crippen LogP contribution in [0.1, 0.15) is 89.6 Å². The van der Waals surface area contributed by atoms with Crippen molar-refractivity contribution < 1.29 is 4.74 Å². The Morgan fingerprint density at radius 3 is 1.80 bits per heavy atom. The summed E-state index contributed by atoms with van der Waals surface area (Å²) in [6, 6.07) is 59.1. The van der Waals surface area contributed by atoms with E-state index in [-0.39, 0.29) is 28.8 Å². The minimum Gasteiger partial charge on any atom is -0.484 e. The fourth-order valence-corrected chi connectivity index (χ4v) is 10.4. The fourth-order valence-electron chi connectivity index (χ4n) is 10.4. The molecule has 7 aromatic carbocycles. The monoisotopic (exact) mass is 694 g/mol. The number of rotatable bonds is 4. The third-order valence-corrected chi connectivity index (χ3v) is 13.2. The molecule has 0 aromatic heterocycles. The molecule has 0 saturated heterocycles. The highest BCUT2D eigenvalue weighted by Crippen LogP contribution is 2.52. The standard InChI is InChI=1S/C53H42O/c1-52(2)44-20-12-10-18-38(44)40-25-22-34(29-46(40)52)49(32-14-6-5-7-15-32)36-24-27-42-43-28-33-16-8-9-17-37(33)50(51(43)54-48(42)31-36)35-23-26-41-39-19-11-13-21-45(39)53(3,4)47(41)30-35/h5-31,43,49,51H,1-4H3. The maximum atomic E-state index is 7.21. The van der Waals surface area contributed by atoms with Gasteiger partial charge in [-0.05, 0) is 89.3 Å². The lowest BCUT2D eigenvalue weighted by molar-refractivity contribution is 0.281. The van der Waals surface area contributed by atoms with Crippen LogP contribution < -0.4 is 15.2 Å². The maximum Gasteiger partial charge on any atom is 0.135 e. The zero-order valence-corrected chi connectivity index (χ0v) is 31.2. The van der Waals surface area contributed by atoms with E-state index in [0.717, 1.165) is 5.75 Å². The van der Waals surface area contributed by atoms with Crippen molar-refractivity contribution in [3.8, 4) is 28.0 Å². The third-order valence-electron chi connectivity index (χ3n) is 13.2. The van der Waals surface area contributed by atoms with Gasteiger partial charge in [0.1, 0.15) is 11.9 Å². The average Bonchev–Trinajstić information content (AvgIpc) is 3.76. The molecule has 3 atom stereocenters. The molecule has 54 heavy (non-hydrogen) atoms. The predicted molar refractivity (Wildman–Crippen MR) is 222 cm³/mol. The van der Waals surface area contributed by atoms with Gasteiger partial charge >= 0.3 is 0 Å². The van der Waals surface area contributed by atoms with Crippen LogP contribution in [0.15, 0.2) is 158 Å². The molecule has 7 aromatic rings. The Morgan fingerprint density at radius 2 is 1.06 bits per heavy atom. The van der Waals surface area contributed by atoms with Gasteiger partial charge in [0, 0.05) is 33.8 Å². The number of fused-ring (bicyclic) bond motifs is 10. The molecule has 1 nitrogen and oxygen atoms in total. The molecule has 0 saturated carbocycles. The van der Waals surface area contributed by atoms with Crippen LogP contribution in [0.4, 0.5) is 0 Å². The Balaban J connectivity index is 1.02. The summed E-state index contributed by atoms with van der Waals surface area (Å²) in [4.78, 5) is 0. The molecule has 0 bridgehead atoms. The van der Waals surface area contributed by atoms with Gasteiger partial charge in [-0.25, -0.2) is 0 Å². The van der Waals surface area contributed by atoms with Gasteiger partial charge in [-0.1, -0.05) is 179 Å². The fraction of sp³-hybridized carbons (Fsp3) is 0.170. The van der Waals surface area contributed by atoms with Gasteiger partial charge in [-0.2, -0.15) is 0 Å². The zero-order valence-electron chi connectivity index (χ0n) is 31.2. The highest BCUT2D eigenvalue weighted by molar-refractivity contribution is 5.85. The largest absolute Gasteiger partial charge is 0.484 e. The van der Waals surface area contributed by atoms with Crippen LogP contribution in [0.25, 0.3) is 33.9 Å². The second kappa shape index (κ2) is 11.3. The normalized spacial score (nSPS) is 19.2. The summed E-state index contributed by atoms with van der Waals surface area (Å²) in [5, 5.41) is 2.55. The molecular formula is C53H42O. The van der Waals surface area contributed by atoms with E-state index >= 15 is 0 Å². The third kappa shape index (κ3) is 4.39. The van der Waals surface area contributed by atoms with E-state index in [1.165, 1.54) is 88.3 Å². The molecule has 0 spiro atoms. The summed E-state index contributed by atoms with van der Waals surface area (Å²) in [5.74, 6) is 1.19. The molecule has 3 unspecified atom stereocenters. The first-order valence-electron chi connectivity index (χ1n) is 19.4. The lowest BCUT2D eigenvalue weighted by Gasteiger charge is -2.26. The molecule has 11 rings (SSSR count). The molecule has 0 radical (unpaired) electrons. The number of ether oxygens (including phenoxy) is 1. The maximum absolute atomic E-state index is 7.21. The van der Waals surface area contributed by atoms with E-state index in [1.807, 2.05) is 0 Å². The first kappa shape index (κ1) is 31.6. The Morgan fingerprint density at radius 1 is 0.481 bits per heavy atom. The Bertz CT molecular complexity index is 2820. The molecule has 0 fully saturated rings. The average molecular weight is 695 g/mol. The van der Waals surface area contributed by atoms with Crippen molar-refractivity contribution in [1.82, 2.24) is 0 Å². The molecule has 0 amide bonds. The summed E-state index contributed by atoms with van der Waals surface area (Å²) in [7, 11) is 0. The van der Waals surface area contributed by atoms with Crippen molar-refractivity contribution in [2.24, 2.45) is 0 Å². The molecule has 260 valence electrons. The summed E-state index contributed by atoms with van der Waals surface area (Å²) in [5.41, 5.74) is 18.5. The van der Waals surface area contributed by atoms with Crippen molar-refractivity contribution in [3.63, 3.8) is 0 Å². The summed E-state index contributed by atoms with van der Waals surface area (Å²) in [6.45, 7) is 9.47. The molecule has 1 heteroatoms. The lowest BCUT2D eigenvalue weighted by atomic mass is 9.78. The molecular weight excluding hydrogens is 653 g/mol. The van der Waals surface area contributed by atoms with Gasteiger partial charge in [0.2, 0.25) is 0 Å². The van der Waals surface area contributed by atoms with Gasteiger partial charge in [-0.3, -0.25) is 0 Å². The van der Waals surface area contributed by atoms with Gasteiger partial charge in [0.25, 0.3) is 0 Å². The topological polar surface area (TPSA) is 9.23 Å². The van der Waals surface area contributed by atoms with Crippen molar-refractivity contribution in [2.75, 3.05) is 0 Å². The van der Waals surface area contributed by atoms with Gasteiger partial charge in [-0.15, -0.1) is 0 Å². The van der Waals surface area contributed by atoms with Crippen molar-refractivity contribution in [1.29, 1.82) is 0 Å². The van der Waals surface area contributed by atoms with E-state index < -0.39 is 0 Å². The van der Waals surface area contributed by atoms with Crippen LogP contribution in [0, 0.1) is 0 Å². The molecule has 4 aliphatic rings. The minimum absolute atomic E-state index is 0.0629. The molecule has 3 aliphatic carbocycles. The number of hydrogen-bond donors (Lipinski definition) is 0. The Labute approximate surface area is 317 Å². The van der Waals surface area contributed by atoms with E-state index in [0.29, 0.717) is 0 Å². The Kier molecular flexibility index (Phi) is 6.61. The van der Waals surface area contributed by atoms with Gasteiger partial charge in [0.05, 0.1) is 0 Å². The van der Waals surface area contributed by atoms with E-state index in [9.17, 15) is 0 Å². The van der Waals surface area contributed by atoms with Crippen LogP contribution in [-0.4, -0.2) is 6.10 Å². The van der Waals surface area contributed by atoms with Crippen molar-refractivity contribution >= 4 is 11.6 Å². The highest BCUT2D eigenvalue weighted by Gasteiger charge is 2.41. The first-order chi connectivity index (χ1) is 26.3. The van der Waals surface area contributed by atoms with Crippen LogP contribution in [0.2, 0.25) is 0 Å². The van der Waals surface area contributed by atoms with Crippen molar-refractivity contribution in [2.45, 2.75) is 56.5 Å². The second-order valence-electron chi connectivity index (χ2n) is 16.8. The Hall–Kier alpha value is -5.92. The number of benzene rings is 7. The highest BCUT2D eigenvalue weighted by atomic mass is 16.5. The predicted octanol–water partition coefficient (Wildman–Crippen LogP) is 11.0. The van der Waals surface area contributed by atoms with Crippen LogP contribution >= 0.6 is 0 Å². The van der Waals surface area contributed by atoms with E-state index in [2.05, 4.69) is 191 Å². The first-order valence-corrected chi connectivity index (χ1v) is 19.4. The van der Waals surface area contributed by atoms with Gasteiger partial charge in [0.15, 0.2) is 0 Å². The second-order valence-corrected chi connectivity index (χ2v) is 16.8. The SMILES string of the molecule is CC1(C)c2ccccc2-c2ccc(C3=c4ccccc4=CC4c5ccc(C(c6ccccc6)c6ccc7c(c6)C(C)(C)c6ccccc6-7)cc5OC34)cc21. The summed E-state index contributed by atoms with van der Waals surface area (Å²) in [6.07, 6.45) is 2.33. The van der Waals surface area contributed by atoms with Crippen LogP contribution in [0.3, 0.4) is 0 Å². The van der Waals surface area contributed by atoms with Crippen LogP contribution in [-0.2, 0) is 10.8 Å². The quantitative estimate of drug-likeness (QED) is 0.167. The molecule has 1 heterocycles. The van der Waals surface area contributed by atoms with Crippen LogP contribution in [0.5, 0.6) is 5.75 Å². The minimum atomic E-state index is -0.107. The van der Waals surface area contributed by atoms with Gasteiger partial charge < -0.3 is 4.74 Å². The number of hydrogen-bond acceptors (Lipinski definition) is 1. The summed E-state index contributed by atoms with van der Waals surface area (Å²) >= 11 is 0. The van der Waals surface area contributed by atoms with E-state index in [1.54, 1.807) is 0 Å². The smallest absolute Gasteiger partial charge is 0.135 e. The van der Waals surface area contributed by atoms with E-state index in [4.69, 9.17) is 4.74 Å². The zero-order chi connectivity index (χ0) is 36.3.